The molecule has 0 fully saturated rings. The molecule has 0 aliphatic carbocycles. The average molecular weight is 271 g/mol. The van der Waals surface area contributed by atoms with Gasteiger partial charge in [-0.15, -0.1) is 0 Å². The van der Waals surface area contributed by atoms with Crippen molar-refractivity contribution in [1.29, 1.82) is 0 Å². The van der Waals surface area contributed by atoms with Crippen molar-refractivity contribution in [3.63, 3.8) is 0 Å². The molecule has 98 valence electrons. The van der Waals surface area contributed by atoms with Gasteiger partial charge in [-0.3, -0.25) is 0 Å². The van der Waals surface area contributed by atoms with E-state index in [1.807, 2.05) is 0 Å². The Bertz CT molecular complexity index is 603. The van der Waals surface area contributed by atoms with Crippen molar-refractivity contribution < 1.29 is 17.9 Å². The quantitative estimate of drug-likeness (QED) is 0.735. The summed E-state index contributed by atoms with van der Waals surface area (Å²) in [6.45, 7) is 1.32. The second kappa shape index (κ2) is 4.92. The van der Waals surface area contributed by atoms with E-state index in [4.69, 9.17) is 9.52 Å². The summed E-state index contributed by atoms with van der Waals surface area (Å²) in [6, 6.07) is 2.20. The molecule has 2 aromatic heterocycles. The van der Waals surface area contributed by atoms with Gasteiger partial charge in [-0.2, -0.15) is 4.72 Å². The minimum Gasteiger partial charge on any atom is -0.446 e. The fraction of sp³-hybridized carbons (Fsp3) is 0.300. The van der Waals surface area contributed by atoms with Crippen LogP contribution in [0.2, 0.25) is 0 Å². The molecule has 2 heterocycles. The molecule has 3 N–H and O–H groups in total. The molecule has 18 heavy (non-hydrogen) atoms. The molecule has 7 nitrogen and oxygen atoms in total. The first-order valence-electron chi connectivity index (χ1n) is 5.24. The lowest BCUT2D eigenvalue weighted by Gasteiger charge is -2.10. The highest BCUT2D eigenvalue weighted by atomic mass is 32.2. The molecule has 1 atom stereocenters. The Balaban J connectivity index is 2.17. The summed E-state index contributed by atoms with van der Waals surface area (Å²) in [7, 11) is -3.76. The molecule has 0 saturated carbocycles. The van der Waals surface area contributed by atoms with Crippen LogP contribution in [0, 0.1) is 0 Å². The van der Waals surface area contributed by atoms with Crippen LogP contribution in [0.4, 0.5) is 0 Å². The highest BCUT2D eigenvalue weighted by molar-refractivity contribution is 7.89. The molecule has 2 rings (SSSR count). The predicted octanol–water partition coefficient (Wildman–Crippen LogP) is 0.534. The fourth-order valence-electron chi connectivity index (χ4n) is 1.45. The Kier molecular flexibility index (Phi) is 3.50. The van der Waals surface area contributed by atoms with Crippen LogP contribution in [0.3, 0.4) is 0 Å². The molecule has 1 unspecified atom stereocenters. The summed E-state index contributed by atoms with van der Waals surface area (Å²) in [4.78, 5) is 6.78. The van der Waals surface area contributed by atoms with Gasteiger partial charge in [0.2, 0.25) is 5.09 Å². The number of H-pyrrole nitrogens is 1. The summed E-state index contributed by atoms with van der Waals surface area (Å²) in [5.41, 5.74) is 0. The molecule has 0 aliphatic heterocycles. The van der Waals surface area contributed by atoms with Gasteiger partial charge in [-0.1, -0.05) is 0 Å². The van der Waals surface area contributed by atoms with E-state index in [0.29, 0.717) is 5.82 Å². The minimum atomic E-state index is -3.76. The molecule has 2 aromatic rings. The first kappa shape index (κ1) is 12.8. The lowest BCUT2D eigenvalue weighted by molar-refractivity contribution is 0.236. The Morgan fingerprint density at radius 3 is 2.89 bits per heavy atom. The third-order valence-electron chi connectivity index (χ3n) is 2.32. The zero-order valence-electron chi connectivity index (χ0n) is 9.62. The zero-order chi connectivity index (χ0) is 13.2. The van der Waals surface area contributed by atoms with Crippen molar-refractivity contribution in [3.8, 4) is 0 Å². The van der Waals surface area contributed by atoms with Gasteiger partial charge in [0.05, 0.1) is 6.04 Å². The van der Waals surface area contributed by atoms with Gasteiger partial charge in [0.25, 0.3) is 10.0 Å². The average Bonchev–Trinajstić information content (AvgIpc) is 3.00. The lowest BCUT2D eigenvalue weighted by atomic mass is 10.3. The number of imidazole rings is 1. The maximum atomic E-state index is 11.9. The minimum absolute atomic E-state index is 0.195. The van der Waals surface area contributed by atoms with Gasteiger partial charge >= 0.3 is 0 Å². The predicted molar refractivity (Wildman–Crippen MR) is 62.0 cm³/mol. The molecule has 0 aliphatic rings. The van der Waals surface area contributed by atoms with Crippen molar-refractivity contribution in [1.82, 2.24) is 14.7 Å². The van der Waals surface area contributed by atoms with E-state index >= 15 is 0 Å². The highest BCUT2D eigenvalue weighted by Crippen LogP contribution is 2.16. The van der Waals surface area contributed by atoms with Gasteiger partial charge < -0.3 is 14.5 Å². The van der Waals surface area contributed by atoms with Crippen molar-refractivity contribution in [2.24, 2.45) is 0 Å². The van der Waals surface area contributed by atoms with E-state index in [2.05, 4.69) is 14.7 Å². The number of sulfonamides is 1. The van der Waals surface area contributed by atoms with Crippen molar-refractivity contribution in [2.45, 2.75) is 24.7 Å². The molecule has 0 amide bonds. The number of nitrogens with one attached hydrogen (secondary N) is 2. The molecule has 0 saturated heterocycles. The highest BCUT2D eigenvalue weighted by Gasteiger charge is 2.22. The number of aromatic amines is 1. The zero-order valence-corrected chi connectivity index (χ0v) is 10.4. The van der Waals surface area contributed by atoms with Gasteiger partial charge in [0.1, 0.15) is 18.2 Å². The van der Waals surface area contributed by atoms with Crippen molar-refractivity contribution in [3.05, 3.63) is 36.1 Å². The second-order valence-electron chi connectivity index (χ2n) is 3.70. The summed E-state index contributed by atoms with van der Waals surface area (Å²) in [5.74, 6) is 0.702. The third-order valence-corrected chi connectivity index (χ3v) is 3.73. The van der Waals surface area contributed by atoms with Crippen LogP contribution in [0.15, 0.2) is 34.0 Å². The van der Waals surface area contributed by atoms with Crippen LogP contribution in [-0.2, 0) is 16.6 Å². The first-order chi connectivity index (χ1) is 8.53. The molecular formula is C10H13N3O4S. The summed E-state index contributed by atoms with van der Waals surface area (Å²) in [6.07, 6.45) is 3.15. The van der Waals surface area contributed by atoms with E-state index in [1.165, 1.54) is 18.3 Å². The SMILES string of the molecule is CC(NS(=O)(=O)c1ccc(CO)o1)c1ncc[nH]1. The topological polar surface area (TPSA) is 108 Å². The largest absolute Gasteiger partial charge is 0.446 e. The Morgan fingerprint density at radius 2 is 2.33 bits per heavy atom. The number of aliphatic hydroxyl groups is 1. The van der Waals surface area contributed by atoms with Crippen LogP contribution in [0.5, 0.6) is 0 Å². The summed E-state index contributed by atoms with van der Waals surface area (Å²) in [5, 5.41) is 8.59. The molecule has 0 bridgehead atoms. The van der Waals surface area contributed by atoms with Crippen LogP contribution >= 0.6 is 0 Å². The maximum absolute atomic E-state index is 11.9. The van der Waals surface area contributed by atoms with Gasteiger partial charge in [-0.05, 0) is 19.1 Å². The normalized spacial score (nSPS) is 13.7. The summed E-state index contributed by atoms with van der Waals surface area (Å²) < 4.78 is 31.3. The van der Waals surface area contributed by atoms with Gasteiger partial charge in [-0.25, -0.2) is 13.4 Å². The smallest absolute Gasteiger partial charge is 0.274 e. The van der Waals surface area contributed by atoms with E-state index in [-0.39, 0.29) is 17.5 Å². The van der Waals surface area contributed by atoms with Crippen LogP contribution in [0.1, 0.15) is 24.6 Å². The monoisotopic (exact) mass is 271 g/mol. The van der Waals surface area contributed by atoms with Gasteiger partial charge in [0, 0.05) is 12.4 Å². The number of aliphatic hydroxyl groups excluding tert-OH is 1. The Labute approximate surface area is 104 Å². The lowest BCUT2D eigenvalue weighted by Crippen LogP contribution is -2.27. The van der Waals surface area contributed by atoms with Gasteiger partial charge in [0.15, 0.2) is 0 Å². The van der Waals surface area contributed by atoms with Crippen molar-refractivity contribution in [2.75, 3.05) is 0 Å². The van der Waals surface area contributed by atoms with Crippen LogP contribution < -0.4 is 4.72 Å². The van der Waals surface area contributed by atoms with E-state index in [0.717, 1.165) is 0 Å². The molecular weight excluding hydrogens is 258 g/mol. The first-order valence-corrected chi connectivity index (χ1v) is 6.72. The molecule has 8 heteroatoms. The maximum Gasteiger partial charge on any atom is 0.274 e. The number of hydrogen-bond acceptors (Lipinski definition) is 5. The Morgan fingerprint density at radius 1 is 1.56 bits per heavy atom. The van der Waals surface area contributed by atoms with E-state index < -0.39 is 16.1 Å². The number of hydrogen-bond donors (Lipinski definition) is 3. The van der Waals surface area contributed by atoms with E-state index in [9.17, 15) is 8.42 Å². The number of nitrogens with zero attached hydrogens (tertiary/aromatic N) is 1. The van der Waals surface area contributed by atoms with Crippen LogP contribution in [0.25, 0.3) is 0 Å². The molecule has 0 radical (unpaired) electrons. The number of rotatable bonds is 5. The molecule has 0 aromatic carbocycles. The molecule has 0 spiro atoms. The standard InChI is InChI=1S/C10H13N3O4S/c1-7(10-11-4-5-12-10)13-18(15,16)9-3-2-8(6-14)17-9/h2-5,7,13-14H,6H2,1H3,(H,11,12). The Hall–Kier alpha value is -1.64. The van der Waals surface area contributed by atoms with Crippen LogP contribution in [-0.4, -0.2) is 23.5 Å². The van der Waals surface area contributed by atoms with Crippen molar-refractivity contribution >= 4 is 10.0 Å². The third kappa shape index (κ3) is 2.61. The summed E-state index contributed by atoms with van der Waals surface area (Å²) >= 11 is 0. The fourth-order valence-corrected chi connectivity index (χ4v) is 2.61. The van der Waals surface area contributed by atoms with E-state index in [1.54, 1.807) is 13.1 Å². The number of furan rings is 1. The number of aromatic nitrogens is 2. The second-order valence-corrected chi connectivity index (χ2v) is 5.34.